The summed E-state index contributed by atoms with van der Waals surface area (Å²) >= 11 is 1.42. The highest BCUT2D eigenvalue weighted by atomic mass is 32.2. The van der Waals surface area contributed by atoms with E-state index in [1.165, 1.54) is 17.3 Å². The summed E-state index contributed by atoms with van der Waals surface area (Å²) in [5.74, 6) is 0.827. The van der Waals surface area contributed by atoms with Crippen LogP contribution in [-0.4, -0.2) is 33.0 Å². The largest absolute Gasteiger partial charge is 0.315 e. The molecule has 0 aliphatic carbocycles. The number of carbonyl (C=O) groups excluding carboxylic acids is 1. The SMILES string of the molecule is Cc1cccc(-c2nnc(SC(C)C(=O)N(C)c3ccccc3)n2C)c1. The highest BCUT2D eigenvalue weighted by molar-refractivity contribution is 8.00. The Hall–Kier alpha value is -2.60. The molecule has 0 bridgehead atoms. The van der Waals surface area contributed by atoms with E-state index in [1.54, 1.807) is 11.9 Å². The van der Waals surface area contributed by atoms with Crippen molar-refractivity contribution in [2.75, 3.05) is 11.9 Å². The van der Waals surface area contributed by atoms with Crippen molar-refractivity contribution in [1.82, 2.24) is 14.8 Å². The number of para-hydroxylation sites is 1. The first kappa shape index (κ1) is 18.2. The second-order valence-electron chi connectivity index (χ2n) is 6.23. The van der Waals surface area contributed by atoms with Crippen molar-refractivity contribution in [2.24, 2.45) is 7.05 Å². The predicted octanol–water partition coefficient (Wildman–Crippen LogP) is 3.93. The summed E-state index contributed by atoms with van der Waals surface area (Å²) < 4.78 is 1.94. The molecule has 0 saturated heterocycles. The molecule has 0 saturated carbocycles. The van der Waals surface area contributed by atoms with Gasteiger partial charge in [0.1, 0.15) is 0 Å². The van der Waals surface area contributed by atoms with Gasteiger partial charge in [0, 0.05) is 25.3 Å². The van der Waals surface area contributed by atoms with Gasteiger partial charge in [0.05, 0.1) is 5.25 Å². The van der Waals surface area contributed by atoms with Crippen LogP contribution >= 0.6 is 11.8 Å². The average molecular weight is 366 g/mol. The van der Waals surface area contributed by atoms with Crippen molar-refractivity contribution >= 4 is 23.4 Å². The minimum absolute atomic E-state index is 0.0290. The fraction of sp³-hybridized carbons (Fsp3) is 0.250. The molecule has 0 spiro atoms. The lowest BCUT2D eigenvalue weighted by Gasteiger charge is -2.20. The van der Waals surface area contributed by atoms with E-state index in [2.05, 4.69) is 29.3 Å². The zero-order valence-electron chi connectivity index (χ0n) is 15.4. The molecule has 1 atom stereocenters. The molecule has 134 valence electrons. The van der Waals surface area contributed by atoms with E-state index in [9.17, 15) is 4.79 Å². The van der Waals surface area contributed by atoms with Crippen LogP contribution < -0.4 is 4.90 Å². The van der Waals surface area contributed by atoms with Crippen molar-refractivity contribution < 1.29 is 4.79 Å². The number of rotatable bonds is 5. The standard InChI is InChI=1S/C20H22N4OS/c1-14-9-8-10-16(13-14)18-21-22-20(24(18)4)26-15(2)19(25)23(3)17-11-6-5-7-12-17/h5-13,15H,1-4H3. The van der Waals surface area contributed by atoms with Gasteiger partial charge in [-0.15, -0.1) is 10.2 Å². The van der Waals surface area contributed by atoms with E-state index >= 15 is 0 Å². The third-order valence-corrected chi connectivity index (χ3v) is 5.34. The fourth-order valence-corrected chi connectivity index (χ4v) is 3.62. The first-order chi connectivity index (χ1) is 12.5. The van der Waals surface area contributed by atoms with Gasteiger partial charge in [0.15, 0.2) is 11.0 Å². The van der Waals surface area contributed by atoms with Crippen molar-refractivity contribution in [3.8, 4) is 11.4 Å². The van der Waals surface area contributed by atoms with Gasteiger partial charge >= 0.3 is 0 Å². The van der Waals surface area contributed by atoms with E-state index in [-0.39, 0.29) is 11.2 Å². The number of amides is 1. The van der Waals surface area contributed by atoms with Crippen molar-refractivity contribution in [3.05, 3.63) is 60.2 Å². The number of benzene rings is 2. The Morgan fingerprint density at radius 3 is 2.54 bits per heavy atom. The minimum atomic E-state index is -0.270. The van der Waals surface area contributed by atoms with Gasteiger partial charge in [-0.25, -0.2) is 0 Å². The quantitative estimate of drug-likeness (QED) is 0.642. The van der Waals surface area contributed by atoms with Crippen LogP contribution in [0.15, 0.2) is 59.8 Å². The van der Waals surface area contributed by atoms with Crippen LogP contribution in [0.4, 0.5) is 5.69 Å². The maximum atomic E-state index is 12.7. The smallest absolute Gasteiger partial charge is 0.240 e. The highest BCUT2D eigenvalue weighted by Crippen LogP contribution is 2.27. The lowest BCUT2D eigenvalue weighted by Crippen LogP contribution is -2.33. The Morgan fingerprint density at radius 1 is 1.12 bits per heavy atom. The first-order valence-electron chi connectivity index (χ1n) is 8.43. The monoisotopic (exact) mass is 366 g/mol. The number of hydrogen-bond donors (Lipinski definition) is 0. The number of hydrogen-bond acceptors (Lipinski definition) is 4. The molecule has 3 rings (SSSR count). The third-order valence-electron chi connectivity index (χ3n) is 4.22. The number of thioether (sulfide) groups is 1. The Bertz CT molecular complexity index is 907. The maximum absolute atomic E-state index is 12.7. The van der Waals surface area contributed by atoms with Gasteiger partial charge < -0.3 is 9.47 Å². The number of aryl methyl sites for hydroxylation is 1. The van der Waals surface area contributed by atoms with Gasteiger partial charge in [-0.3, -0.25) is 4.79 Å². The molecule has 1 aromatic heterocycles. The minimum Gasteiger partial charge on any atom is -0.315 e. The lowest BCUT2D eigenvalue weighted by atomic mass is 10.1. The normalized spacial score (nSPS) is 12.0. The summed E-state index contributed by atoms with van der Waals surface area (Å²) in [6, 6.07) is 17.8. The maximum Gasteiger partial charge on any atom is 0.240 e. The van der Waals surface area contributed by atoms with Gasteiger partial charge in [-0.05, 0) is 32.0 Å². The fourth-order valence-electron chi connectivity index (χ4n) is 2.71. The molecule has 0 fully saturated rings. The zero-order valence-corrected chi connectivity index (χ0v) is 16.2. The summed E-state index contributed by atoms with van der Waals surface area (Å²) in [6.45, 7) is 3.95. The van der Waals surface area contributed by atoms with Gasteiger partial charge in [0.2, 0.25) is 5.91 Å². The van der Waals surface area contributed by atoms with Gasteiger partial charge in [-0.2, -0.15) is 0 Å². The third kappa shape index (κ3) is 3.80. The van der Waals surface area contributed by atoms with E-state index in [1.807, 2.05) is 61.0 Å². The number of anilines is 1. The molecule has 26 heavy (non-hydrogen) atoms. The van der Waals surface area contributed by atoms with Gasteiger partial charge in [-0.1, -0.05) is 53.7 Å². The van der Waals surface area contributed by atoms with E-state index in [4.69, 9.17) is 0 Å². The zero-order chi connectivity index (χ0) is 18.7. The highest BCUT2D eigenvalue weighted by Gasteiger charge is 2.22. The van der Waals surface area contributed by atoms with Crippen molar-refractivity contribution in [1.29, 1.82) is 0 Å². The number of carbonyl (C=O) groups is 1. The van der Waals surface area contributed by atoms with E-state index in [0.717, 1.165) is 22.2 Å². The lowest BCUT2D eigenvalue weighted by molar-refractivity contribution is -0.117. The van der Waals surface area contributed by atoms with Crippen LogP contribution in [0.5, 0.6) is 0 Å². The van der Waals surface area contributed by atoms with Crippen molar-refractivity contribution in [3.63, 3.8) is 0 Å². The Kier molecular flexibility index (Phi) is 5.42. The molecule has 1 heterocycles. The van der Waals surface area contributed by atoms with Crippen LogP contribution in [0, 0.1) is 6.92 Å². The van der Waals surface area contributed by atoms with Crippen molar-refractivity contribution in [2.45, 2.75) is 24.3 Å². The van der Waals surface area contributed by atoms with Gasteiger partial charge in [0.25, 0.3) is 0 Å². The molecular formula is C20H22N4OS. The topological polar surface area (TPSA) is 51.0 Å². The molecule has 0 aliphatic heterocycles. The second kappa shape index (κ2) is 7.74. The Morgan fingerprint density at radius 2 is 1.85 bits per heavy atom. The molecule has 6 heteroatoms. The molecule has 3 aromatic rings. The molecule has 0 N–H and O–H groups in total. The van der Waals surface area contributed by atoms with E-state index < -0.39 is 0 Å². The molecule has 1 unspecified atom stereocenters. The van der Waals surface area contributed by atoms with E-state index in [0.29, 0.717) is 0 Å². The molecule has 0 aliphatic rings. The van der Waals surface area contributed by atoms with Crippen LogP contribution in [0.2, 0.25) is 0 Å². The molecular weight excluding hydrogens is 344 g/mol. The average Bonchev–Trinajstić information content (AvgIpc) is 3.01. The first-order valence-corrected chi connectivity index (χ1v) is 9.31. The molecule has 2 aromatic carbocycles. The molecule has 1 amide bonds. The molecule has 5 nitrogen and oxygen atoms in total. The number of nitrogens with zero attached hydrogens (tertiary/aromatic N) is 4. The Balaban J connectivity index is 1.76. The predicted molar refractivity (Wildman–Crippen MR) is 106 cm³/mol. The summed E-state index contributed by atoms with van der Waals surface area (Å²) in [5, 5.41) is 9.05. The Labute approximate surface area is 158 Å². The summed E-state index contributed by atoms with van der Waals surface area (Å²) in [4.78, 5) is 14.4. The second-order valence-corrected chi connectivity index (χ2v) is 7.54. The summed E-state index contributed by atoms with van der Waals surface area (Å²) in [7, 11) is 3.72. The number of aromatic nitrogens is 3. The summed E-state index contributed by atoms with van der Waals surface area (Å²) in [6.07, 6.45) is 0. The molecule has 0 radical (unpaired) electrons. The van der Waals surface area contributed by atoms with Crippen LogP contribution in [0.3, 0.4) is 0 Å². The van der Waals surface area contributed by atoms with Crippen LogP contribution in [0.1, 0.15) is 12.5 Å². The van der Waals surface area contributed by atoms with Crippen LogP contribution in [-0.2, 0) is 11.8 Å². The van der Waals surface area contributed by atoms with Crippen LogP contribution in [0.25, 0.3) is 11.4 Å². The summed E-state index contributed by atoms with van der Waals surface area (Å²) in [5.41, 5.74) is 3.07.